The maximum Gasteiger partial charge on any atom is 0.264 e. The molecule has 7 heteroatoms. The molecule has 0 aliphatic carbocycles. The van der Waals surface area contributed by atoms with Crippen LogP contribution in [0.1, 0.15) is 5.56 Å². The minimum absolute atomic E-state index is 0.0878. The summed E-state index contributed by atoms with van der Waals surface area (Å²) in [6.07, 6.45) is 2.18. The number of halogens is 2. The summed E-state index contributed by atoms with van der Waals surface area (Å²) in [4.78, 5) is 3.39. The van der Waals surface area contributed by atoms with Crippen LogP contribution in [0.4, 0.5) is 4.39 Å². The molecule has 0 aliphatic rings. The molecule has 0 aliphatic heterocycles. The zero-order valence-electron chi connectivity index (χ0n) is 7.20. The number of hydrogen-bond donors (Lipinski definition) is 0. The molecule has 14 heavy (non-hydrogen) atoms. The fourth-order valence-electron chi connectivity index (χ4n) is 0.736. The number of aromatic nitrogens is 1. The van der Waals surface area contributed by atoms with Gasteiger partial charge in [0.1, 0.15) is 0 Å². The Kier molecular flexibility index (Phi) is 3.57. The molecule has 0 N–H and O–H groups in total. The van der Waals surface area contributed by atoms with Gasteiger partial charge < -0.3 is 0 Å². The molecule has 1 rings (SSSR count). The molecule has 4 nitrogen and oxygen atoms in total. The third-order valence-electron chi connectivity index (χ3n) is 1.31. The Morgan fingerprint density at radius 3 is 2.86 bits per heavy atom. The maximum atomic E-state index is 12.9. The van der Waals surface area contributed by atoms with Crippen LogP contribution in [0.3, 0.4) is 0 Å². The predicted molar refractivity (Wildman–Crippen MR) is 51.5 cm³/mol. The second kappa shape index (κ2) is 4.33. The highest BCUT2D eigenvalue weighted by Gasteiger charge is 2.08. The summed E-state index contributed by atoms with van der Waals surface area (Å²) in [5.74, 6) is -0.739. The average Bonchev–Trinajstić information content (AvgIpc) is 2.05. The van der Waals surface area contributed by atoms with Crippen molar-refractivity contribution in [3.05, 3.63) is 28.2 Å². The lowest BCUT2D eigenvalue weighted by Crippen LogP contribution is -2.04. The Labute approximate surface area is 89.4 Å². The number of hydrogen-bond acceptors (Lipinski definition) is 4. The monoisotopic (exact) mass is 283 g/mol. The van der Waals surface area contributed by atoms with Crippen molar-refractivity contribution in [2.45, 2.75) is 6.61 Å². The molecule has 78 valence electrons. The minimum Gasteiger partial charge on any atom is -0.265 e. The van der Waals surface area contributed by atoms with E-state index in [-0.39, 0.29) is 12.2 Å². The smallest absolute Gasteiger partial charge is 0.264 e. The van der Waals surface area contributed by atoms with Crippen LogP contribution in [0.25, 0.3) is 0 Å². The van der Waals surface area contributed by atoms with E-state index in [1.165, 1.54) is 12.3 Å². The summed E-state index contributed by atoms with van der Waals surface area (Å²) in [6.45, 7) is -0.350. The molecule has 0 unspecified atom stereocenters. The third kappa shape index (κ3) is 3.69. The standard InChI is InChI=1S/C7H7BrFNO3S/c1-14(11,12)13-4-5-2-6(8)3-10-7(5)9/h2-3H,4H2,1H3. The molecule has 0 aromatic carbocycles. The van der Waals surface area contributed by atoms with Crippen LogP contribution in [0.15, 0.2) is 16.7 Å². The lowest BCUT2D eigenvalue weighted by molar-refractivity contribution is 0.304. The first kappa shape index (κ1) is 11.5. The van der Waals surface area contributed by atoms with Gasteiger partial charge in [0.2, 0.25) is 5.95 Å². The first-order valence-electron chi connectivity index (χ1n) is 3.53. The fraction of sp³-hybridized carbons (Fsp3) is 0.286. The predicted octanol–water partition coefficient (Wildman–Crippen LogP) is 1.46. The van der Waals surface area contributed by atoms with Crippen LogP contribution >= 0.6 is 15.9 Å². The van der Waals surface area contributed by atoms with Crippen LogP contribution in [0.5, 0.6) is 0 Å². The van der Waals surface area contributed by atoms with Gasteiger partial charge in [0, 0.05) is 16.2 Å². The summed E-state index contributed by atoms with van der Waals surface area (Å²) in [5, 5.41) is 0. The van der Waals surface area contributed by atoms with Crippen LogP contribution in [-0.2, 0) is 20.9 Å². The van der Waals surface area contributed by atoms with Crippen molar-refractivity contribution in [3.63, 3.8) is 0 Å². The van der Waals surface area contributed by atoms with Gasteiger partial charge in [-0.15, -0.1) is 0 Å². The van der Waals surface area contributed by atoms with Crippen LogP contribution < -0.4 is 0 Å². The molecule has 1 aromatic rings. The third-order valence-corrected chi connectivity index (χ3v) is 2.29. The summed E-state index contributed by atoms with van der Waals surface area (Å²) >= 11 is 3.08. The highest BCUT2D eigenvalue weighted by atomic mass is 79.9. The molecule has 0 spiro atoms. The zero-order chi connectivity index (χ0) is 10.8. The lowest BCUT2D eigenvalue weighted by atomic mass is 10.3. The second-order valence-corrected chi connectivity index (χ2v) is 5.13. The Balaban J connectivity index is 2.81. The Bertz CT molecular complexity index is 435. The van der Waals surface area contributed by atoms with Crippen molar-refractivity contribution in [2.75, 3.05) is 6.26 Å². The van der Waals surface area contributed by atoms with E-state index >= 15 is 0 Å². The van der Waals surface area contributed by atoms with E-state index in [0.29, 0.717) is 4.47 Å². The van der Waals surface area contributed by atoms with E-state index in [2.05, 4.69) is 25.1 Å². The van der Waals surface area contributed by atoms with Gasteiger partial charge in [-0.25, -0.2) is 4.98 Å². The zero-order valence-corrected chi connectivity index (χ0v) is 9.60. The highest BCUT2D eigenvalue weighted by Crippen LogP contribution is 2.14. The van der Waals surface area contributed by atoms with E-state index in [0.717, 1.165) is 6.26 Å². The van der Waals surface area contributed by atoms with E-state index in [1.807, 2.05) is 0 Å². The molecular weight excluding hydrogens is 277 g/mol. The second-order valence-electron chi connectivity index (χ2n) is 2.57. The topological polar surface area (TPSA) is 56.3 Å². The minimum atomic E-state index is -3.56. The molecule has 0 saturated carbocycles. The van der Waals surface area contributed by atoms with Crippen molar-refractivity contribution in [1.82, 2.24) is 4.98 Å². The molecule has 0 fully saturated rings. The fourth-order valence-corrected chi connectivity index (χ4v) is 1.46. The average molecular weight is 284 g/mol. The normalized spacial score (nSPS) is 11.6. The molecule has 0 amide bonds. The largest absolute Gasteiger partial charge is 0.265 e. The van der Waals surface area contributed by atoms with E-state index in [4.69, 9.17) is 0 Å². The Morgan fingerprint density at radius 2 is 2.29 bits per heavy atom. The van der Waals surface area contributed by atoms with E-state index in [9.17, 15) is 12.8 Å². The first-order valence-corrected chi connectivity index (χ1v) is 6.14. The van der Waals surface area contributed by atoms with Crippen molar-refractivity contribution in [3.8, 4) is 0 Å². The number of rotatable bonds is 3. The highest BCUT2D eigenvalue weighted by molar-refractivity contribution is 9.10. The molecule has 1 heterocycles. The van der Waals surface area contributed by atoms with Gasteiger partial charge in [-0.2, -0.15) is 12.8 Å². The Hall–Kier alpha value is -0.530. The molecule has 0 atom stereocenters. The summed E-state index contributed by atoms with van der Waals surface area (Å²) in [5.41, 5.74) is 0.0878. The first-order chi connectivity index (χ1) is 6.38. The van der Waals surface area contributed by atoms with Crippen LogP contribution in [-0.4, -0.2) is 19.7 Å². The van der Waals surface area contributed by atoms with Crippen molar-refractivity contribution in [2.24, 2.45) is 0 Å². The summed E-state index contributed by atoms with van der Waals surface area (Å²) in [7, 11) is -3.56. The summed E-state index contributed by atoms with van der Waals surface area (Å²) < 4.78 is 39.2. The van der Waals surface area contributed by atoms with Gasteiger partial charge in [0.15, 0.2) is 0 Å². The number of nitrogens with zero attached hydrogens (tertiary/aromatic N) is 1. The van der Waals surface area contributed by atoms with Crippen molar-refractivity contribution < 1.29 is 17.0 Å². The van der Waals surface area contributed by atoms with Crippen molar-refractivity contribution in [1.29, 1.82) is 0 Å². The van der Waals surface area contributed by atoms with Crippen molar-refractivity contribution >= 4 is 26.0 Å². The Morgan fingerprint density at radius 1 is 1.64 bits per heavy atom. The van der Waals surface area contributed by atoms with Gasteiger partial charge >= 0.3 is 0 Å². The summed E-state index contributed by atoms with van der Waals surface area (Å²) in [6, 6.07) is 1.41. The van der Waals surface area contributed by atoms with E-state index < -0.39 is 16.1 Å². The van der Waals surface area contributed by atoms with Gasteiger partial charge in [-0.1, -0.05) is 0 Å². The van der Waals surface area contributed by atoms with Gasteiger partial charge in [-0.05, 0) is 22.0 Å². The van der Waals surface area contributed by atoms with Gasteiger partial charge in [-0.3, -0.25) is 4.18 Å². The lowest BCUT2D eigenvalue weighted by Gasteiger charge is -2.02. The molecule has 0 bridgehead atoms. The van der Waals surface area contributed by atoms with E-state index in [1.54, 1.807) is 0 Å². The van der Waals surface area contributed by atoms with Crippen LogP contribution in [0, 0.1) is 5.95 Å². The van der Waals surface area contributed by atoms with Crippen LogP contribution in [0.2, 0.25) is 0 Å². The molecular formula is C7H7BrFNO3S. The molecule has 0 saturated heterocycles. The quantitative estimate of drug-likeness (QED) is 0.623. The SMILES string of the molecule is CS(=O)(=O)OCc1cc(Br)cnc1F. The van der Waals surface area contributed by atoms with Gasteiger partial charge in [0.05, 0.1) is 12.9 Å². The molecule has 1 aromatic heterocycles. The van der Waals surface area contributed by atoms with Gasteiger partial charge in [0.25, 0.3) is 10.1 Å². The maximum absolute atomic E-state index is 12.9. The molecule has 0 radical (unpaired) electrons. The number of pyridine rings is 1.